The standard InChI is InChI=1S/C17H33NO3/c1-9-12(4)16(15(21-8)10-13(5)19)18(7)17(20)14(6)11(2)3/h11-12,14-16H,9-10H2,1-8H3/t12-,14-,15+,16?/m0/s1. The number of nitrogens with zero attached hydrogens (tertiary/aromatic N) is 1. The average Bonchev–Trinajstić information content (AvgIpc) is 2.43. The van der Waals surface area contributed by atoms with Gasteiger partial charge in [0, 0.05) is 26.5 Å². The number of carbonyl (C=O) groups excluding carboxylic acids is 2. The first-order chi connectivity index (χ1) is 9.67. The normalized spacial score (nSPS) is 17.2. The fraction of sp³-hybridized carbons (Fsp3) is 0.882. The molecule has 4 atom stereocenters. The Morgan fingerprint density at radius 2 is 1.67 bits per heavy atom. The summed E-state index contributed by atoms with van der Waals surface area (Å²) in [5, 5.41) is 0. The van der Waals surface area contributed by atoms with Crippen LogP contribution in [0.5, 0.6) is 0 Å². The van der Waals surface area contributed by atoms with Gasteiger partial charge in [0.2, 0.25) is 5.91 Å². The third-order valence-corrected chi connectivity index (χ3v) is 4.58. The van der Waals surface area contributed by atoms with Gasteiger partial charge in [0.05, 0.1) is 12.1 Å². The van der Waals surface area contributed by atoms with E-state index in [0.717, 1.165) is 6.42 Å². The molecule has 0 aliphatic heterocycles. The van der Waals surface area contributed by atoms with E-state index in [2.05, 4.69) is 27.7 Å². The van der Waals surface area contributed by atoms with Gasteiger partial charge in [0.1, 0.15) is 5.78 Å². The van der Waals surface area contributed by atoms with Gasteiger partial charge < -0.3 is 9.64 Å². The molecule has 0 spiro atoms. The maximum atomic E-state index is 12.6. The number of ether oxygens (including phenoxy) is 1. The summed E-state index contributed by atoms with van der Waals surface area (Å²) in [6.07, 6.45) is 1.04. The molecule has 4 heteroatoms. The third-order valence-electron chi connectivity index (χ3n) is 4.58. The second-order valence-electron chi connectivity index (χ2n) is 6.54. The molecule has 0 aromatic heterocycles. The van der Waals surface area contributed by atoms with E-state index >= 15 is 0 Å². The van der Waals surface area contributed by atoms with Crippen LogP contribution in [0.1, 0.15) is 54.4 Å². The quantitative estimate of drug-likeness (QED) is 0.657. The van der Waals surface area contributed by atoms with Crippen LogP contribution in [0.2, 0.25) is 0 Å². The SMILES string of the molecule is CC[C@H](C)C([C@@H](CC(C)=O)OC)N(C)C(=O)[C@@H](C)C(C)C. The second-order valence-corrected chi connectivity index (χ2v) is 6.54. The zero-order chi connectivity index (χ0) is 16.7. The first-order valence-corrected chi connectivity index (χ1v) is 7.96. The van der Waals surface area contributed by atoms with Gasteiger partial charge in [0.25, 0.3) is 0 Å². The van der Waals surface area contributed by atoms with Crippen molar-refractivity contribution in [3.05, 3.63) is 0 Å². The summed E-state index contributed by atoms with van der Waals surface area (Å²) in [5.41, 5.74) is 0. The number of carbonyl (C=O) groups is 2. The molecule has 0 rings (SSSR count). The van der Waals surface area contributed by atoms with E-state index in [-0.39, 0.29) is 35.7 Å². The Morgan fingerprint density at radius 1 is 1.14 bits per heavy atom. The van der Waals surface area contributed by atoms with Gasteiger partial charge in [0.15, 0.2) is 0 Å². The van der Waals surface area contributed by atoms with Gasteiger partial charge >= 0.3 is 0 Å². The molecule has 0 radical (unpaired) electrons. The van der Waals surface area contributed by atoms with Crippen molar-refractivity contribution in [1.82, 2.24) is 4.90 Å². The third kappa shape index (κ3) is 5.77. The van der Waals surface area contributed by atoms with E-state index < -0.39 is 0 Å². The molecule has 0 N–H and O–H groups in total. The van der Waals surface area contributed by atoms with Crippen molar-refractivity contribution in [3.63, 3.8) is 0 Å². The maximum Gasteiger partial charge on any atom is 0.225 e. The molecular weight excluding hydrogens is 266 g/mol. The van der Waals surface area contributed by atoms with E-state index in [4.69, 9.17) is 4.74 Å². The molecule has 0 heterocycles. The molecule has 0 fully saturated rings. The summed E-state index contributed by atoms with van der Waals surface area (Å²) >= 11 is 0. The van der Waals surface area contributed by atoms with Crippen molar-refractivity contribution in [2.75, 3.05) is 14.2 Å². The van der Waals surface area contributed by atoms with Crippen LogP contribution in [0.25, 0.3) is 0 Å². The molecule has 0 saturated carbocycles. The fourth-order valence-electron chi connectivity index (χ4n) is 2.62. The molecular formula is C17H33NO3. The topological polar surface area (TPSA) is 46.6 Å². The largest absolute Gasteiger partial charge is 0.379 e. The van der Waals surface area contributed by atoms with Crippen LogP contribution in [-0.2, 0) is 14.3 Å². The Hall–Kier alpha value is -0.900. The Bertz CT molecular complexity index is 341. The number of Topliss-reactive ketones (excluding diaryl/α,β-unsaturated/α-hetero) is 1. The number of amides is 1. The average molecular weight is 299 g/mol. The van der Waals surface area contributed by atoms with Crippen LogP contribution in [0.3, 0.4) is 0 Å². The van der Waals surface area contributed by atoms with Crippen LogP contribution in [0.15, 0.2) is 0 Å². The lowest BCUT2D eigenvalue weighted by molar-refractivity contribution is -0.143. The molecule has 124 valence electrons. The molecule has 4 nitrogen and oxygen atoms in total. The van der Waals surface area contributed by atoms with Gasteiger partial charge in [-0.15, -0.1) is 0 Å². The van der Waals surface area contributed by atoms with Crippen molar-refractivity contribution >= 4 is 11.7 Å². The van der Waals surface area contributed by atoms with Gasteiger partial charge in [-0.1, -0.05) is 41.0 Å². The van der Waals surface area contributed by atoms with Crippen molar-refractivity contribution < 1.29 is 14.3 Å². The van der Waals surface area contributed by atoms with Crippen LogP contribution in [0, 0.1) is 17.8 Å². The van der Waals surface area contributed by atoms with E-state index in [0.29, 0.717) is 12.3 Å². The van der Waals surface area contributed by atoms with Crippen molar-refractivity contribution in [1.29, 1.82) is 0 Å². The molecule has 1 unspecified atom stereocenters. The molecule has 0 aromatic rings. The van der Waals surface area contributed by atoms with Gasteiger partial charge in [-0.2, -0.15) is 0 Å². The van der Waals surface area contributed by atoms with Crippen molar-refractivity contribution in [2.45, 2.75) is 66.5 Å². The molecule has 0 aliphatic rings. The lowest BCUT2D eigenvalue weighted by Gasteiger charge is -2.39. The zero-order valence-corrected chi connectivity index (χ0v) is 15.0. The van der Waals surface area contributed by atoms with E-state index in [1.165, 1.54) is 0 Å². The minimum atomic E-state index is -0.245. The van der Waals surface area contributed by atoms with E-state index in [1.54, 1.807) is 18.9 Å². The van der Waals surface area contributed by atoms with E-state index in [9.17, 15) is 9.59 Å². The summed E-state index contributed by atoms with van der Waals surface area (Å²) < 4.78 is 5.54. The summed E-state index contributed by atoms with van der Waals surface area (Å²) in [4.78, 5) is 25.9. The van der Waals surface area contributed by atoms with Gasteiger partial charge in [-0.25, -0.2) is 0 Å². The highest BCUT2D eigenvalue weighted by atomic mass is 16.5. The Labute approximate surface area is 130 Å². The van der Waals surface area contributed by atoms with Crippen LogP contribution in [0.4, 0.5) is 0 Å². The lowest BCUT2D eigenvalue weighted by Crippen LogP contribution is -2.51. The minimum absolute atomic E-state index is 0.0311. The van der Waals surface area contributed by atoms with Crippen LogP contribution in [-0.4, -0.2) is 42.9 Å². The first-order valence-electron chi connectivity index (χ1n) is 7.96. The molecule has 1 amide bonds. The molecule has 0 bridgehead atoms. The first kappa shape index (κ1) is 20.1. The zero-order valence-electron chi connectivity index (χ0n) is 15.0. The Balaban J connectivity index is 5.30. The predicted octanol–water partition coefficient (Wildman–Crippen LogP) is 3.15. The van der Waals surface area contributed by atoms with Crippen molar-refractivity contribution in [2.24, 2.45) is 17.8 Å². The van der Waals surface area contributed by atoms with E-state index in [1.807, 2.05) is 14.0 Å². The summed E-state index contributed by atoms with van der Waals surface area (Å²) in [6, 6.07) is -0.0717. The molecule has 0 aliphatic carbocycles. The highest BCUT2D eigenvalue weighted by Crippen LogP contribution is 2.24. The number of rotatable bonds is 9. The minimum Gasteiger partial charge on any atom is -0.379 e. The van der Waals surface area contributed by atoms with Crippen molar-refractivity contribution in [3.8, 4) is 0 Å². The number of hydrogen-bond acceptors (Lipinski definition) is 3. The monoisotopic (exact) mass is 299 g/mol. The maximum absolute atomic E-state index is 12.6. The van der Waals surface area contributed by atoms with Gasteiger partial charge in [-0.3, -0.25) is 9.59 Å². The summed E-state index contributed by atoms with van der Waals surface area (Å²) in [7, 11) is 3.46. The number of methoxy groups -OCH3 is 1. The smallest absolute Gasteiger partial charge is 0.225 e. The fourth-order valence-corrected chi connectivity index (χ4v) is 2.62. The van der Waals surface area contributed by atoms with Gasteiger partial charge in [-0.05, 0) is 18.8 Å². The summed E-state index contributed by atoms with van der Waals surface area (Å²) in [6.45, 7) is 11.8. The molecule has 0 aromatic carbocycles. The number of ketones is 1. The Kier molecular flexibility index (Phi) is 8.79. The second kappa shape index (κ2) is 9.19. The van der Waals surface area contributed by atoms with Crippen LogP contribution < -0.4 is 0 Å². The number of likely N-dealkylation sites (N-methyl/N-ethyl adjacent to an activating group) is 1. The predicted molar refractivity (Wildman–Crippen MR) is 86.1 cm³/mol. The lowest BCUT2D eigenvalue weighted by atomic mass is 9.88. The summed E-state index contributed by atoms with van der Waals surface area (Å²) in [5.74, 6) is 0.763. The highest BCUT2D eigenvalue weighted by Gasteiger charge is 2.35. The molecule has 0 saturated heterocycles. The number of hydrogen-bond donors (Lipinski definition) is 0. The van der Waals surface area contributed by atoms with Crippen LogP contribution >= 0.6 is 0 Å². The highest BCUT2D eigenvalue weighted by molar-refractivity contribution is 5.79. The Morgan fingerprint density at radius 3 is 2.00 bits per heavy atom. The molecule has 21 heavy (non-hydrogen) atoms.